The zero-order valence-corrected chi connectivity index (χ0v) is 11.8. The van der Waals surface area contributed by atoms with E-state index in [1.54, 1.807) is 0 Å². The maximum Gasteiger partial charge on any atom is 0.258 e. The van der Waals surface area contributed by atoms with Crippen molar-refractivity contribution in [2.24, 2.45) is 5.41 Å². The van der Waals surface area contributed by atoms with Crippen LogP contribution in [0, 0.1) is 11.2 Å². The molecule has 0 aliphatic heterocycles. The lowest BCUT2D eigenvalue weighted by molar-refractivity contribution is 0.0922. The molecule has 1 aromatic carbocycles. The molecule has 5 heteroatoms. The predicted octanol–water partition coefficient (Wildman–Crippen LogP) is 1.85. The van der Waals surface area contributed by atoms with Crippen molar-refractivity contribution in [1.29, 1.82) is 0 Å². The van der Waals surface area contributed by atoms with Gasteiger partial charge in [-0.05, 0) is 31.6 Å². The fraction of sp³-hybridized carbons (Fsp3) is 0.500. The summed E-state index contributed by atoms with van der Waals surface area (Å²) in [5.41, 5.74) is -0.441. The Morgan fingerprint density at radius 3 is 2.58 bits per heavy atom. The Morgan fingerprint density at radius 2 is 2.05 bits per heavy atom. The fourth-order valence-electron chi connectivity index (χ4n) is 2.06. The van der Waals surface area contributed by atoms with Crippen molar-refractivity contribution in [3.05, 3.63) is 29.6 Å². The number of aromatic hydroxyl groups is 1. The van der Waals surface area contributed by atoms with Crippen LogP contribution in [0.4, 0.5) is 4.39 Å². The Hall–Kier alpha value is -1.62. The minimum atomic E-state index is -0.720. The number of benzene rings is 1. The molecular formula is C14H21FN2O2. The Morgan fingerprint density at radius 1 is 1.42 bits per heavy atom. The van der Waals surface area contributed by atoms with Crippen molar-refractivity contribution in [1.82, 2.24) is 10.2 Å². The number of carbonyl (C=O) groups is 1. The van der Waals surface area contributed by atoms with E-state index in [-0.39, 0.29) is 16.7 Å². The highest BCUT2D eigenvalue weighted by atomic mass is 19.1. The molecule has 0 saturated heterocycles. The van der Waals surface area contributed by atoms with Crippen LogP contribution in [-0.2, 0) is 0 Å². The molecule has 106 valence electrons. The van der Waals surface area contributed by atoms with Crippen molar-refractivity contribution < 1.29 is 14.3 Å². The maximum absolute atomic E-state index is 13.5. The summed E-state index contributed by atoms with van der Waals surface area (Å²) < 4.78 is 13.5. The van der Waals surface area contributed by atoms with Gasteiger partial charge in [-0.3, -0.25) is 4.79 Å². The lowest BCUT2D eigenvalue weighted by Gasteiger charge is -2.28. The van der Waals surface area contributed by atoms with E-state index in [1.807, 2.05) is 32.8 Å². The van der Waals surface area contributed by atoms with E-state index in [0.717, 1.165) is 12.6 Å². The summed E-state index contributed by atoms with van der Waals surface area (Å²) in [5.74, 6) is -1.66. The van der Waals surface area contributed by atoms with Gasteiger partial charge >= 0.3 is 0 Å². The molecule has 19 heavy (non-hydrogen) atoms. The average Bonchev–Trinajstić information content (AvgIpc) is 2.24. The number of phenols is 1. The summed E-state index contributed by atoms with van der Waals surface area (Å²) in [6.45, 7) is 5.21. The molecule has 0 aliphatic rings. The molecule has 1 aromatic rings. The van der Waals surface area contributed by atoms with E-state index in [1.165, 1.54) is 12.1 Å². The van der Waals surface area contributed by atoms with Crippen LogP contribution in [0.3, 0.4) is 0 Å². The maximum atomic E-state index is 13.5. The highest BCUT2D eigenvalue weighted by Gasteiger charge is 2.22. The highest BCUT2D eigenvalue weighted by Crippen LogP contribution is 2.20. The first-order valence-electron chi connectivity index (χ1n) is 6.13. The number of nitrogens with zero attached hydrogens (tertiary/aromatic N) is 1. The van der Waals surface area contributed by atoms with Gasteiger partial charge in [0.15, 0.2) is 0 Å². The quantitative estimate of drug-likeness (QED) is 0.857. The van der Waals surface area contributed by atoms with Crippen LogP contribution < -0.4 is 5.32 Å². The normalized spacial score (nSPS) is 11.7. The molecule has 0 heterocycles. The number of rotatable bonds is 5. The first-order valence-corrected chi connectivity index (χ1v) is 6.13. The Bertz CT molecular complexity index is 439. The third-order valence-corrected chi connectivity index (χ3v) is 2.69. The van der Waals surface area contributed by atoms with Crippen LogP contribution in [0.5, 0.6) is 5.75 Å². The SMILES string of the molecule is CN(C)CC(C)(C)CNC(=O)c1c(O)cccc1F. The first-order chi connectivity index (χ1) is 8.73. The number of nitrogens with one attached hydrogen (secondary N) is 1. The number of halogens is 1. The third kappa shape index (κ3) is 4.52. The summed E-state index contributed by atoms with van der Waals surface area (Å²) >= 11 is 0. The van der Waals surface area contributed by atoms with E-state index in [0.29, 0.717) is 6.54 Å². The zero-order chi connectivity index (χ0) is 14.6. The molecule has 1 rings (SSSR count). The number of hydrogen-bond donors (Lipinski definition) is 2. The standard InChI is InChI=1S/C14H21FN2O2/c1-14(2,9-17(3)4)8-16-13(19)12-10(15)6-5-7-11(12)18/h5-7,18H,8-9H2,1-4H3,(H,16,19). The first kappa shape index (κ1) is 15.4. The third-order valence-electron chi connectivity index (χ3n) is 2.69. The Kier molecular flexibility index (Phi) is 4.89. The van der Waals surface area contributed by atoms with Gasteiger partial charge in [0.25, 0.3) is 5.91 Å². The molecule has 0 aliphatic carbocycles. The van der Waals surface area contributed by atoms with Gasteiger partial charge in [-0.25, -0.2) is 4.39 Å². The molecule has 4 nitrogen and oxygen atoms in total. The molecular weight excluding hydrogens is 247 g/mol. The van der Waals surface area contributed by atoms with Gasteiger partial charge in [0, 0.05) is 13.1 Å². The van der Waals surface area contributed by atoms with Crippen molar-refractivity contribution >= 4 is 5.91 Å². The Balaban J connectivity index is 2.71. The van der Waals surface area contributed by atoms with Crippen molar-refractivity contribution in [2.45, 2.75) is 13.8 Å². The van der Waals surface area contributed by atoms with Crippen LogP contribution in [-0.4, -0.2) is 43.1 Å². The van der Waals surface area contributed by atoms with Crippen LogP contribution in [0.1, 0.15) is 24.2 Å². The van der Waals surface area contributed by atoms with Crippen molar-refractivity contribution in [2.75, 3.05) is 27.2 Å². The number of amides is 1. The van der Waals surface area contributed by atoms with Gasteiger partial charge in [0.2, 0.25) is 0 Å². The molecule has 0 radical (unpaired) electrons. The van der Waals surface area contributed by atoms with Gasteiger partial charge in [0.05, 0.1) is 0 Å². The van der Waals surface area contributed by atoms with Crippen LogP contribution in [0.15, 0.2) is 18.2 Å². The van der Waals surface area contributed by atoms with E-state index in [2.05, 4.69) is 5.32 Å². The zero-order valence-electron chi connectivity index (χ0n) is 11.8. The fourth-order valence-corrected chi connectivity index (χ4v) is 2.06. The summed E-state index contributed by atoms with van der Waals surface area (Å²) in [6, 6.07) is 3.81. The molecule has 0 bridgehead atoms. The molecule has 0 fully saturated rings. The molecule has 1 amide bonds. The van der Waals surface area contributed by atoms with Gasteiger partial charge < -0.3 is 15.3 Å². The average molecular weight is 268 g/mol. The monoisotopic (exact) mass is 268 g/mol. The van der Waals surface area contributed by atoms with Crippen LogP contribution in [0.25, 0.3) is 0 Å². The second kappa shape index (κ2) is 6.02. The largest absolute Gasteiger partial charge is 0.507 e. The number of phenolic OH excluding ortho intramolecular Hbond substituents is 1. The molecule has 0 aromatic heterocycles. The lowest BCUT2D eigenvalue weighted by atomic mass is 9.93. The summed E-state index contributed by atoms with van der Waals surface area (Å²) in [6.07, 6.45) is 0. The Labute approximate surface area is 113 Å². The minimum absolute atomic E-state index is 0.139. The van der Waals surface area contributed by atoms with Crippen molar-refractivity contribution in [3.63, 3.8) is 0 Å². The van der Waals surface area contributed by atoms with E-state index in [9.17, 15) is 14.3 Å². The van der Waals surface area contributed by atoms with Gasteiger partial charge in [0.1, 0.15) is 17.1 Å². The second-order valence-corrected chi connectivity index (χ2v) is 5.72. The number of hydrogen-bond acceptors (Lipinski definition) is 3. The second-order valence-electron chi connectivity index (χ2n) is 5.72. The predicted molar refractivity (Wildman–Crippen MR) is 72.7 cm³/mol. The lowest BCUT2D eigenvalue weighted by Crippen LogP contribution is -2.40. The van der Waals surface area contributed by atoms with E-state index >= 15 is 0 Å². The highest BCUT2D eigenvalue weighted by molar-refractivity contribution is 5.97. The van der Waals surface area contributed by atoms with Gasteiger partial charge in [-0.1, -0.05) is 19.9 Å². The van der Waals surface area contributed by atoms with E-state index < -0.39 is 11.7 Å². The summed E-state index contributed by atoms with van der Waals surface area (Å²) in [4.78, 5) is 13.9. The van der Waals surface area contributed by atoms with Crippen molar-refractivity contribution in [3.8, 4) is 5.75 Å². The summed E-state index contributed by atoms with van der Waals surface area (Å²) in [5, 5.41) is 12.2. The van der Waals surface area contributed by atoms with Crippen LogP contribution >= 0.6 is 0 Å². The van der Waals surface area contributed by atoms with Crippen LogP contribution in [0.2, 0.25) is 0 Å². The molecule has 0 atom stereocenters. The number of carbonyl (C=O) groups excluding carboxylic acids is 1. The minimum Gasteiger partial charge on any atom is -0.507 e. The molecule has 0 saturated carbocycles. The molecule has 0 spiro atoms. The molecule has 0 unspecified atom stereocenters. The molecule has 2 N–H and O–H groups in total. The van der Waals surface area contributed by atoms with Gasteiger partial charge in [-0.2, -0.15) is 0 Å². The van der Waals surface area contributed by atoms with Gasteiger partial charge in [-0.15, -0.1) is 0 Å². The smallest absolute Gasteiger partial charge is 0.258 e. The van der Waals surface area contributed by atoms with E-state index in [4.69, 9.17) is 0 Å². The summed E-state index contributed by atoms with van der Waals surface area (Å²) in [7, 11) is 3.90. The topological polar surface area (TPSA) is 52.6 Å².